The highest BCUT2D eigenvalue weighted by Gasteiger charge is 2.23. The molecule has 0 unspecified atom stereocenters. The number of aldehydes is 1. The summed E-state index contributed by atoms with van der Waals surface area (Å²) in [6, 6.07) is 15.7. The molecule has 0 aliphatic carbocycles. The minimum atomic E-state index is 0.0639. The van der Waals surface area contributed by atoms with Crippen molar-refractivity contribution in [3.8, 4) is 5.75 Å². The predicted molar refractivity (Wildman–Crippen MR) is 114 cm³/mol. The van der Waals surface area contributed by atoms with Crippen molar-refractivity contribution in [1.82, 2.24) is 14.7 Å². The number of carbonyl (C=O) groups excluding carboxylic acids is 2. The van der Waals surface area contributed by atoms with Crippen LogP contribution < -0.4 is 4.74 Å². The smallest absolute Gasteiger partial charge is 0.254 e. The van der Waals surface area contributed by atoms with Crippen LogP contribution in [0.3, 0.4) is 0 Å². The van der Waals surface area contributed by atoms with Gasteiger partial charge in [-0.15, -0.1) is 0 Å². The topological polar surface area (TPSA) is 64.4 Å². The molecule has 2 aromatic carbocycles. The minimum Gasteiger partial charge on any atom is -0.491 e. The fraction of sp³-hybridized carbons (Fsp3) is 0.292. The van der Waals surface area contributed by atoms with Crippen molar-refractivity contribution >= 4 is 12.2 Å². The van der Waals surface area contributed by atoms with Crippen LogP contribution in [0.2, 0.25) is 0 Å². The van der Waals surface area contributed by atoms with Crippen molar-refractivity contribution < 1.29 is 14.3 Å². The van der Waals surface area contributed by atoms with E-state index in [0.717, 1.165) is 40.7 Å². The zero-order valence-electron chi connectivity index (χ0n) is 16.9. The van der Waals surface area contributed by atoms with Crippen LogP contribution in [0.15, 0.2) is 60.9 Å². The van der Waals surface area contributed by atoms with Crippen LogP contribution >= 0.6 is 0 Å². The highest BCUT2D eigenvalue weighted by molar-refractivity contribution is 5.96. The second-order valence-electron chi connectivity index (χ2n) is 7.40. The van der Waals surface area contributed by atoms with Crippen LogP contribution in [0.5, 0.6) is 5.75 Å². The number of aromatic nitrogens is 2. The lowest BCUT2D eigenvalue weighted by Gasteiger charge is -2.28. The lowest BCUT2D eigenvalue weighted by atomic mass is 9.99. The Kier molecular flexibility index (Phi) is 6.23. The lowest BCUT2D eigenvalue weighted by Crippen LogP contribution is -2.40. The number of aryl methyl sites for hydroxylation is 1. The summed E-state index contributed by atoms with van der Waals surface area (Å²) in [5.74, 6) is 0.834. The average molecular weight is 403 g/mol. The van der Waals surface area contributed by atoms with Gasteiger partial charge < -0.3 is 14.4 Å². The van der Waals surface area contributed by atoms with Gasteiger partial charge >= 0.3 is 0 Å². The van der Waals surface area contributed by atoms with Crippen LogP contribution in [0, 0.1) is 0 Å². The van der Waals surface area contributed by atoms with Crippen LogP contribution in [-0.4, -0.2) is 46.6 Å². The number of rotatable bonds is 9. The Morgan fingerprint density at radius 3 is 2.87 bits per heavy atom. The van der Waals surface area contributed by atoms with E-state index >= 15 is 0 Å². The van der Waals surface area contributed by atoms with Gasteiger partial charge in [0.15, 0.2) is 0 Å². The van der Waals surface area contributed by atoms with Gasteiger partial charge in [0.1, 0.15) is 18.6 Å². The summed E-state index contributed by atoms with van der Waals surface area (Å²) in [5, 5.41) is 4.25. The number of hydrogen-bond acceptors (Lipinski definition) is 4. The molecule has 6 nitrogen and oxygen atoms in total. The summed E-state index contributed by atoms with van der Waals surface area (Å²) in [6.45, 7) is 2.30. The van der Waals surface area contributed by atoms with E-state index in [-0.39, 0.29) is 5.91 Å². The number of carbonyl (C=O) groups is 2. The Bertz CT molecular complexity index is 1010. The third-order valence-corrected chi connectivity index (χ3v) is 5.37. The van der Waals surface area contributed by atoms with E-state index < -0.39 is 0 Å². The standard InChI is InChI=1S/C24H25N3O3/c28-15-3-6-21-9-8-19(18-27-12-4-11-25-27)17-23(21)30-16-14-26-13-10-20-5-1-2-7-22(20)24(26)29/h1-2,4-5,7-9,11-12,15,17H,3,6,10,13-14,16,18H2. The number of fused-ring (bicyclic) bond motifs is 1. The number of benzene rings is 2. The first kappa shape index (κ1) is 19.9. The molecule has 3 aromatic rings. The molecule has 0 atom stereocenters. The first-order valence-corrected chi connectivity index (χ1v) is 10.3. The lowest BCUT2D eigenvalue weighted by molar-refractivity contribution is -0.107. The van der Waals surface area contributed by atoms with Gasteiger partial charge in [0, 0.05) is 30.9 Å². The summed E-state index contributed by atoms with van der Waals surface area (Å²) < 4.78 is 7.95. The third kappa shape index (κ3) is 4.59. The van der Waals surface area contributed by atoms with Crippen molar-refractivity contribution in [2.45, 2.75) is 25.8 Å². The van der Waals surface area contributed by atoms with Crippen LogP contribution in [-0.2, 0) is 24.2 Å². The van der Waals surface area contributed by atoms with Gasteiger partial charge in [0.25, 0.3) is 5.91 Å². The van der Waals surface area contributed by atoms with Crippen molar-refractivity contribution in [2.75, 3.05) is 19.7 Å². The second-order valence-corrected chi connectivity index (χ2v) is 7.40. The normalized spacial score (nSPS) is 13.2. The molecular weight excluding hydrogens is 378 g/mol. The monoisotopic (exact) mass is 403 g/mol. The maximum atomic E-state index is 12.7. The third-order valence-electron chi connectivity index (χ3n) is 5.37. The van der Waals surface area contributed by atoms with Gasteiger partial charge in [-0.05, 0) is 47.7 Å². The van der Waals surface area contributed by atoms with Crippen LogP contribution in [0.4, 0.5) is 0 Å². The van der Waals surface area contributed by atoms with Gasteiger partial charge in [-0.1, -0.05) is 30.3 Å². The predicted octanol–water partition coefficient (Wildman–Crippen LogP) is 3.14. The molecule has 2 heterocycles. The summed E-state index contributed by atoms with van der Waals surface area (Å²) in [4.78, 5) is 25.4. The van der Waals surface area contributed by atoms with E-state index in [1.165, 1.54) is 0 Å². The number of nitrogens with zero attached hydrogens (tertiary/aromatic N) is 3. The Hall–Kier alpha value is -3.41. The Labute approximate surface area is 176 Å². The maximum absolute atomic E-state index is 12.7. The van der Waals surface area contributed by atoms with Gasteiger partial charge in [-0.2, -0.15) is 5.10 Å². The van der Waals surface area contributed by atoms with Gasteiger partial charge in [-0.3, -0.25) is 9.48 Å². The summed E-state index contributed by atoms with van der Waals surface area (Å²) >= 11 is 0. The molecule has 0 N–H and O–H groups in total. The quantitative estimate of drug-likeness (QED) is 0.515. The van der Waals surface area contributed by atoms with E-state index in [1.54, 1.807) is 6.20 Å². The zero-order valence-corrected chi connectivity index (χ0v) is 16.9. The Morgan fingerprint density at radius 1 is 1.13 bits per heavy atom. The van der Waals surface area contributed by atoms with E-state index in [4.69, 9.17) is 4.74 Å². The molecule has 0 radical (unpaired) electrons. The fourth-order valence-electron chi connectivity index (χ4n) is 3.79. The number of ether oxygens (including phenoxy) is 1. The molecule has 1 aliphatic heterocycles. The largest absolute Gasteiger partial charge is 0.491 e. The van der Waals surface area contributed by atoms with Crippen LogP contribution in [0.1, 0.15) is 33.5 Å². The minimum absolute atomic E-state index is 0.0639. The van der Waals surface area contributed by atoms with E-state index in [1.807, 2.05) is 64.3 Å². The van der Waals surface area contributed by atoms with Crippen molar-refractivity contribution in [3.05, 3.63) is 83.2 Å². The maximum Gasteiger partial charge on any atom is 0.254 e. The molecule has 0 saturated carbocycles. The zero-order chi connectivity index (χ0) is 20.8. The van der Waals surface area contributed by atoms with Crippen molar-refractivity contribution in [1.29, 1.82) is 0 Å². The van der Waals surface area contributed by atoms with E-state index in [2.05, 4.69) is 5.10 Å². The molecule has 6 heteroatoms. The van der Waals surface area contributed by atoms with Crippen molar-refractivity contribution in [3.63, 3.8) is 0 Å². The molecule has 1 aromatic heterocycles. The summed E-state index contributed by atoms with van der Waals surface area (Å²) in [6.07, 6.45) is 6.55. The number of hydrogen-bond donors (Lipinski definition) is 0. The summed E-state index contributed by atoms with van der Waals surface area (Å²) in [7, 11) is 0. The highest BCUT2D eigenvalue weighted by atomic mass is 16.5. The molecule has 30 heavy (non-hydrogen) atoms. The van der Waals surface area contributed by atoms with Crippen molar-refractivity contribution in [2.24, 2.45) is 0 Å². The highest BCUT2D eigenvalue weighted by Crippen LogP contribution is 2.23. The molecule has 0 bridgehead atoms. The Morgan fingerprint density at radius 2 is 2.03 bits per heavy atom. The molecule has 0 spiro atoms. The number of amides is 1. The van der Waals surface area contributed by atoms with Crippen LogP contribution in [0.25, 0.3) is 0 Å². The fourth-order valence-corrected chi connectivity index (χ4v) is 3.79. The molecule has 154 valence electrons. The van der Waals surface area contributed by atoms with E-state index in [9.17, 15) is 9.59 Å². The molecule has 0 fully saturated rings. The van der Waals surface area contributed by atoms with Gasteiger partial charge in [0.2, 0.25) is 0 Å². The molecular formula is C24H25N3O3. The second kappa shape index (κ2) is 9.39. The first-order valence-electron chi connectivity index (χ1n) is 10.3. The summed E-state index contributed by atoms with van der Waals surface area (Å²) in [5.41, 5.74) is 3.98. The Balaban J connectivity index is 1.42. The SMILES string of the molecule is O=CCCc1ccc(Cn2cccn2)cc1OCCN1CCc2ccccc2C1=O. The molecule has 0 saturated heterocycles. The van der Waals surface area contributed by atoms with Gasteiger partial charge in [-0.25, -0.2) is 0 Å². The van der Waals surface area contributed by atoms with E-state index in [0.29, 0.717) is 39.1 Å². The average Bonchev–Trinajstić information content (AvgIpc) is 3.28. The molecule has 1 aliphatic rings. The molecule has 1 amide bonds. The first-order chi connectivity index (χ1) is 14.7. The molecule has 4 rings (SSSR count). The van der Waals surface area contributed by atoms with Gasteiger partial charge in [0.05, 0.1) is 13.1 Å².